The lowest BCUT2D eigenvalue weighted by Crippen LogP contribution is -2.35. The summed E-state index contributed by atoms with van der Waals surface area (Å²) in [7, 11) is 0. The maximum Gasteiger partial charge on any atom is 0.327 e. The third kappa shape index (κ3) is 4.53. The van der Waals surface area contributed by atoms with Gasteiger partial charge in [-0.25, -0.2) is 18.4 Å². The lowest BCUT2D eigenvalue weighted by Gasteiger charge is -2.08. The standard InChI is InChI=1S/C17H13ClFN3O4S2/c1-8-2-4-10(18)13(14(8)19)15(23)21-16(24)22-17-20-11-5-3-9(7-28(25)26)6-12(11)27-17/h2-6H,7H2,1H3,(H,25,26)(H2,20,21,22,23,24). The number of fused-ring (bicyclic) bond motifs is 1. The minimum absolute atomic E-state index is 0.0194. The highest BCUT2D eigenvalue weighted by Gasteiger charge is 2.20. The first-order valence-electron chi connectivity index (χ1n) is 7.78. The molecule has 0 saturated carbocycles. The second kappa shape index (κ2) is 8.31. The van der Waals surface area contributed by atoms with E-state index in [-0.39, 0.29) is 21.5 Å². The first-order chi connectivity index (χ1) is 13.2. The molecule has 0 saturated heterocycles. The Morgan fingerprint density at radius 3 is 2.79 bits per heavy atom. The van der Waals surface area contributed by atoms with Gasteiger partial charge in [0.1, 0.15) is 5.82 Å². The van der Waals surface area contributed by atoms with Gasteiger partial charge < -0.3 is 4.55 Å². The Morgan fingerprint density at radius 1 is 1.32 bits per heavy atom. The fraction of sp³-hybridized carbons (Fsp3) is 0.118. The number of anilines is 1. The summed E-state index contributed by atoms with van der Waals surface area (Å²) in [5.74, 6) is -1.79. The van der Waals surface area contributed by atoms with Gasteiger partial charge in [0, 0.05) is 0 Å². The number of halogens is 2. The lowest BCUT2D eigenvalue weighted by molar-refractivity contribution is 0.0963. The van der Waals surface area contributed by atoms with Crippen molar-refractivity contribution in [3.05, 3.63) is 57.9 Å². The SMILES string of the molecule is Cc1ccc(Cl)c(C(=O)NC(=O)Nc2nc3ccc(CS(=O)O)cc3s2)c1F. The number of nitrogens with zero attached hydrogens (tertiary/aromatic N) is 1. The number of aromatic nitrogens is 1. The van der Waals surface area contributed by atoms with Crippen molar-refractivity contribution in [3.63, 3.8) is 0 Å². The molecule has 3 aromatic rings. The number of nitrogens with one attached hydrogen (secondary N) is 2. The van der Waals surface area contributed by atoms with Gasteiger partial charge in [-0.2, -0.15) is 0 Å². The van der Waals surface area contributed by atoms with E-state index in [4.69, 9.17) is 16.2 Å². The van der Waals surface area contributed by atoms with Crippen molar-refractivity contribution in [2.45, 2.75) is 12.7 Å². The number of hydrogen-bond donors (Lipinski definition) is 3. The van der Waals surface area contributed by atoms with E-state index in [2.05, 4.69) is 10.3 Å². The van der Waals surface area contributed by atoms with Crippen LogP contribution in [0.3, 0.4) is 0 Å². The summed E-state index contributed by atoms with van der Waals surface area (Å²) in [6.07, 6.45) is 0. The van der Waals surface area contributed by atoms with Crippen molar-refractivity contribution in [1.29, 1.82) is 0 Å². The number of carbonyl (C=O) groups is 2. The summed E-state index contributed by atoms with van der Waals surface area (Å²) in [6, 6.07) is 6.92. The number of amides is 3. The maximum atomic E-state index is 14.1. The van der Waals surface area contributed by atoms with Crippen LogP contribution in [0.2, 0.25) is 5.02 Å². The second-order valence-electron chi connectivity index (χ2n) is 5.75. The van der Waals surface area contributed by atoms with E-state index in [1.165, 1.54) is 19.1 Å². The number of urea groups is 1. The normalized spacial score (nSPS) is 12.0. The van der Waals surface area contributed by atoms with Gasteiger partial charge in [0.25, 0.3) is 5.91 Å². The number of aryl methyl sites for hydroxylation is 1. The van der Waals surface area contributed by atoms with Crippen LogP contribution in [-0.4, -0.2) is 25.7 Å². The molecule has 0 radical (unpaired) electrons. The smallest absolute Gasteiger partial charge is 0.306 e. The van der Waals surface area contributed by atoms with E-state index >= 15 is 0 Å². The molecule has 1 heterocycles. The number of thiazole rings is 1. The zero-order valence-corrected chi connectivity index (χ0v) is 16.7. The zero-order chi connectivity index (χ0) is 20.4. The summed E-state index contributed by atoms with van der Waals surface area (Å²) in [6.45, 7) is 1.48. The van der Waals surface area contributed by atoms with Gasteiger partial charge >= 0.3 is 6.03 Å². The number of carbonyl (C=O) groups excluding carboxylic acids is 2. The molecule has 3 N–H and O–H groups in total. The Kier molecular flexibility index (Phi) is 6.04. The second-order valence-corrected chi connectivity index (χ2v) is 8.12. The number of imide groups is 1. The molecular formula is C17H13ClFN3O4S2. The third-order valence-electron chi connectivity index (χ3n) is 3.70. The van der Waals surface area contributed by atoms with Crippen LogP contribution < -0.4 is 10.6 Å². The molecule has 0 aliphatic heterocycles. The summed E-state index contributed by atoms with van der Waals surface area (Å²) >= 11 is 5.02. The number of hydrogen-bond acceptors (Lipinski definition) is 5. The number of benzene rings is 2. The summed E-state index contributed by atoms with van der Waals surface area (Å²) in [4.78, 5) is 28.5. The molecule has 146 valence electrons. The van der Waals surface area contributed by atoms with Crippen LogP contribution in [0.5, 0.6) is 0 Å². The average Bonchev–Trinajstić information content (AvgIpc) is 2.99. The monoisotopic (exact) mass is 441 g/mol. The molecule has 1 aromatic heterocycles. The van der Waals surface area contributed by atoms with Crippen LogP contribution in [0.15, 0.2) is 30.3 Å². The van der Waals surface area contributed by atoms with Gasteiger partial charge in [-0.05, 0) is 36.2 Å². The van der Waals surface area contributed by atoms with Crippen LogP contribution in [-0.2, 0) is 16.8 Å². The lowest BCUT2D eigenvalue weighted by atomic mass is 10.1. The Balaban J connectivity index is 1.73. The Labute approximate surface area is 170 Å². The van der Waals surface area contributed by atoms with E-state index in [0.717, 1.165) is 11.3 Å². The predicted molar refractivity (Wildman–Crippen MR) is 107 cm³/mol. The molecule has 0 aliphatic carbocycles. The zero-order valence-electron chi connectivity index (χ0n) is 14.3. The van der Waals surface area contributed by atoms with E-state index in [9.17, 15) is 18.2 Å². The molecule has 3 amide bonds. The molecule has 0 bridgehead atoms. The van der Waals surface area contributed by atoms with Crippen LogP contribution >= 0.6 is 22.9 Å². The molecular weight excluding hydrogens is 429 g/mol. The van der Waals surface area contributed by atoms with Crippen LogP contribution in [0.4, 0.5) is 14.3 Å². The van der Waals surface area contributed by atoms with Crippen molar-refractivity contribution in [3.8, 4) is 0 Å². The van der Waals surface area contributed by atoms with Crippen LogP contribution in [0.1, 0.15) is 21.5 Å². The van der Waals surface area contributed by atoms with Gasteiger partial charge in [0.15, 0.2) is 16.2 Å². The summed E-state index contributed by atoms with van der Waals surface area (Å²) in [5.41, 5.74) is 1.03. The molecule has 0 fully saturated rings. The van der Waals surface area contributed by atoms with E-state index < -0.39 is 34.4 Å². The molecule has 3 rings (SSSR count). The van der Waals surface area contributed by atoms with Crippen molar-refractivity contribution >= 4 is 61.3 Å². The van der Waals surface area contributed by atoms with E-state index in [0.29, 0.717) is 15.8 Å². The van der Waals surface area contributed by atoms with Crippen LogP contribution in [0.25, 0.3) is 10.2 Å². The Bertz CT molecular complexity index is 1120. The topological polar surface area (TPSA) is 108 Å². The van der Waals surface area contributed by atoms with Crippen molar-refractivity contribution in [1.82, 2.24) is 10.3 Å². The molecule has 11 heteroatoms. The van der Waals surface area contributed by atoms with E-state index in [1.54, 1.807) is 18.2 Å². The number of rotatable bonds is 4. The fourth-order valence-electron chi connectivity index (χ4n) is 2.41. The van der Waals surface area contributed by atoms with Gasteiger partial charge in [0.05, 0.1) is 26.6 Å². The van der Waals surface area contributed by atoms with Crippen molar-refractivity contribution in [2.24, 2.45) is 0 Å². The first-order valence-corrected chi connectivity index (χ1v) is 10.3. The Hall–Kier alpha value is -2.40. The molecule has 0 aliphatic rings. The first kappa shape index (κ1) is 20.3. The van der Waals surface area contributed by atoms with Gasteiger partial charge in [-0.3, -0.25) is 15.4 Å². The highest BCUT2D eigenvalue weighted by Crippen LogP contribution is 2.27. The quantitative estimate of drug-likeness (QED) is 0.528. The molecule has 7 nitrogen and oxygen atoms in total. The minimum atomic E-state index is -1.97. The highest BCUT2D eigenvalue weighted by molar-refractivity contribution is 7.78. The highest BCUT2D eigenvalue weighted by atomic mass is 35.5. The van der Waals surface area contributed by atoms with Crippen molar-refractivity contribution < 1.29 is 22.7 Å². The van der Waals surface area contributed by atoms with Crippen LogP contribution in [0, 0.1) is 12.7 Å². The molecule has 28 heavy (non-hydrogen) atoms. The van der Waals surface area contributed by atoms with Crippen molar-refractivity contribution in [2.75, 3.05) is 5.32 Å². The van der Waals surface area contributed by atoms with Gasteiger partial charge in [-0.1, -0.05) is 35.1 Å². The third-order valence-corrected chi connectivity index (χ3v) is 5.53. The Morgan fingerprint density at radius 2 is 2.07 bits per heavy atom. The minimum Gasteiger partial charge on any atom is -0.306 e. The molecule has 2 aromatic carbocycles. The summed E-state index contributed by atoms with van der Waals surface area (Å²) in [5, 5.41) is 4.52. The van der Waals surface area contributed by atoms with Gasteiger partial charge in [-0.15, -0.1) is 0 Å². The maximum absolute atomic E-state index is 14.1. The molecule has 1 atom stereocenters. The van der Waals surface area contributed by atoms with Gasteiger partial charge in [0.2, 0.25) is 0 Å². The molecule has 1 unspecified atom stereocenters. The fourth-order valence-corrected chi connectivity index (χ4v) is 4.03. The predicted octanol–water partition coefficient (Wildman–Crippen LogP) is 4.08. The molecule has 0 spiro atoms. The van der Waals surface area contributed by atoms with E-state index in [1.807, 2.05) is 5.32 Å². The summed E-state index contributed by atoms with van der Waals surface area (Å²) < 4.78 is 34.7. The average molecular weight is 442 g/mol. The largest absolute Gasteiger partial charge is 0.327 e.